The van der Waals surface area contributed by atoms with Crippen LogP contribution in [0.15, 0.2) is 24.3 Å². The van der Waals surface area contributed by atoms with Gasteiger partial charge in [0.15, 0.2) is 6.10 Å². The maximum absolute atomic E-state index is 12.7. The van der Waals surface area contributed by atoms with Crippen LogP contribution in [0.4, 0.5) is 0 Å². The van der Waals surface area contributed by atoms with Crippen molar-refractivity contribution in [3.05, 3.63) is 24.3 Å². The van der Waals surface area contributed by atoms with E-state index in [1.165, 1.54) is 83.5 Å². The average Bonchev–Trinajstić information content (AvgIpc) is 3.92. The molecule has 0 bridgehead atoms. The van der Waals surface area contributed by atoms with E-state index in [0.717, 1.165) is 77.0 Å². The van der Waals surface area contributed by atoms with Gasteiger partial charge in [0.2, 0.25) is 0 Å². The lowest BCUT2D eigenvalue weighted by Gasteiger charge is -2.24. The van der Waals surface area contributed by atoms with Gasteiger partial charge in [0, 0.05) is 12.8 Å². The van der Waals surface area contributed by atoms with Gasteiger partial charge in [0.25, 0.3) is 0 Å². The fourth-order valence-corrected chi connectivity index (χ4v) is 7.34. The number of unbranched alkanes of at least 4 members (excludes halogenated alkanes) is 20. The largest absolute Gasteiger partial charge is 0.472 e. The number of allylic oxidation sites excluding steroid dienone is 3. The molecule has 0 saturated carbocycles. The molecule has 1 fully saturated rings. The number of hydrogen-bond acceptors (Lipinski definition) is 8. The van der Waals surface area contributed by atoms with Crippen LogP contribution in [-0.4, -0.2) is 87.1 Å². The van der Waals surface area contributed by atoms with E-state index < -0.39 is 26.5 Å². The molecule has 4 atom stereocenters. The first kappa shape index (κ1) is 53.5. The third kappa shape index (κ3) is 36.1. The zero-order valence-electron chi connectivity index (χ0n) is 37.3. The molecule has 3 unspecified atom stereocenters. The number of carbonyl (C=O) groups is 2. The van der Waals surface area contributed by atoms with Gasteiger partial charge in [0.1, 0.15) is 19.8 Å². The Morgan fingerprint density at radius 1 is 0.632 bits per heavy atom. The molecule has 0 spiro atoms. The first-order valence-electron chi connectivity index (χ1n) is 23.2. The molecular formula is C46H87NO9P+. The smallest absolute Gasteiger partial charge is 0.462 e. The van der Waals surface area contributed by atoms with Crippen LogP contribution in [0, 0.1) is 0 Å². The van der Waals surface area contributed by atoms with E-state index in [0.29, 0.717) is 29.7 Å². The highest BCUT2D eigenvalue weighted by Crippen LogP contribution is 2.43. The number of epoxide rings is 1. The van der Waals surface area contributed by atoms with Gasteiger partial charge in [-0.1, -0.05) is 141 Å². The number of esters is 2. The lowest BCUT2D eigenvalue weighted by Crippen LogP contribution is -2.37. The summed E-state index contributed by atoms with van der Waals surface area (Å²) in [5, 5.41) is 0. The van der Waals surface area contributed by atoms with Crippen molar-refractivity contribution in [1.82, 2.24) is 0 Å². The van der Waals surface area contributed by atoms with Crippen LogP contribution in [0.5, 0.6) is 0 Å². The Labute approximate surface area is 349 Å². The van der Waals surface area contributed by atoms with Crippen molar-refractivity contribution in [3.8, 4) is 0 Å². The third-order valence-corrected chi connectivity index (χ3v) is 11.4. The summed E-state index contributed by atoms with van der Waals surface area (Å²) in [5.74, 6) is -0.823. The molecule has 1 saturated heterocycles. The van der Waals surface area contributed by atoms with Gasteiger partial charge in [-0.25, -0.2) is 4.57 Å². The lowest BCUT2D eigenvalue weighted by atomic mass is 10.1. The molecular weight excluding hydrogens is 741 g/mol. The molecule has 0 aromatic carbocycles. The summed E-state index contributed by atoms with van der Waals surface area (Å²) in [4.78, 5) is 35.5. The van der Waals surface area contributed by atoms with E-state index in [2.05, 4.69) is 38.2 Å². The molecule has 0 amide bonds. The second-order valence-electron chi connectivity index (χ2n) is 17.2. The summed E-state index contributed by atoms with van der Waals surface area (Å²) in [6, 6.07) is 0. The van der Waals surface area contributed by atoms with Crippen molar-refractivity contribution in [3.63, 3.8) is 0 Å². The van der Waals surface area contributed by atoms with Crippen LogP contribution in [0.2, 0.25) is 0 Å². The number of carbonyl (C=O) groups excluding carboxylic acids is 2. The van der Waals surface area contributed by atoms with E-state index in [9.17, 15) is 19.0 Å². The Hall–Kier alpha value is -1.55. The Morgan fingerprint density at radius 2 is 1.12 bits per heavy atom. The Morgan fingerprint density at radius 3 is 1.72 bits per heavy atom. The number of ether oxygens (including phenoxy) is 3. The number of phosphoric acid groups is 1. The van der Waals surface area contributed by atoms with Crippen LogP contribution < -0.4 is 0 Å². The molecule has 0 aromatic rings. The SMILES string of the molecule is CCCCC/C=C\CC1OC1CCCCCCCC(=O)O[C@H](COC(=O)CCCCCCCCC/C=C\CCCCCCCC)COP(=O)(O)OCC[N+](C)(C)C. The van der Waals surface area contributed by atoms with Crippen molar-refractivity contribution in [1.29, 1.82) is 0 Å². The highest BCUT2D eigenvalue weighted by molar-refractivity contribution is 7.47. The fourth-order valence-electron chi connectivity index (χ4n) is 6.60. The third-order valence-electron chi connectivity index (χ3n) is 10.4. The van der Waals surface area contributed by atoms with Gasteiger partial charge in [-0.2, -0.15) is 0 Å². The number of nitrogens with zero attached hydrogens (tertiary/aromatic N) is 1. The minimum absolute atomic E-state index is 0.0260. The van der Waals surface area contributed by atoms with Gasteiger partial charge in [-0.15, -0.1) is 0 Å². The van der Waals surface area contributed by atoms with Crippen LogP contribution in [-0.2, 0) is 37.4 Å². The standard InChI is InChI=1S/C46H86NO9P/c1-6-8-10-12-14-15-16-17-18-19-20-21-22-23-24-28-32-36-45(48)52-40-42(41-54-57(50,51)53-39-38-47(3,4)5)55-46(49)37-33-29-25-27-31-35-44-43(56-44)34-30-26-13-11-9-7-2/h17-18,26,30,42-44H,6-16,19-25,27-29,31-41H2,1-5H3/p+1/b18-17-,30-26-/t42-,43?,44?/m1/s1. The molecule has 0 radical (unpaired) electrons. The van der Waals surface area contributed by atoms with Crippen molar-refractivity contribution < 1.29 is 46.8 Å². The molecule has 1 rings (SSSR count). The summed E-state index contributed by atoms with van der Waals surface area (Å²) < 4.78 is 40.2. The van der Waals surface area contributed by atoms with E-state index >= 15 is 0 Å². The summed E-state index contributed by atoms with van der Waals surface area (Å²) in [5.41, 5.74) is 0. The minimum atomic E-state index is -4.38. The number of rotatable bonds is 41. The molecule has 1 aliphatic heterocycles. The predicted molar refractivity (Wildman–Crippen MR) is 233 cm³/mol. The molecule has 0 aliphatic carbocycles. The number of hydrogen-bond donors (Lipinski definition) is 1. The van der Waals surface area contributed by atoms with Crippen LogP contribution in [0.1, 0.15) is 194 Å². The van der Waals surface area contributed by atoms with Gasteiger partial charge in [-0.05, 0) is 64.2 Å². The van der Waals surface area contributed by atoms with Crippen molar-refractivity contribution >= 4 is 19.8 Å². The summed E-state index contributed by atoms with van der Waals surface area (Å²) >= 11 is 0. The summed E-state index contributed by atoms with van der Waals surface area (Å²) in [6.45, 7) is 4.36. The van der Waals surface area contributed by atoms with Gasteiger partial charge in [-0.3, -0.25) is 18.6 Å². The summed E-state index contributed by atoms with van der Waals surface area (Å²) in [6.07, 6.45) is 39.5. The molecule has 1 heterocycles. The average molecular weight is 829 g/mol. The van der Waals surface area contributed by atoms with Gasteiger partial charge in [0.05, 0.1) is 40.0 Å². The van der Waals surface area contributed by atoms with Gasteiger partial charge < -0.3 is 23.6 Å². The highest BCUT2D eigenvalue weighted by Gasteiger charge is 2.36. The van der Waals surface area contributed by atoms with E-state index in [-0.39, 0.29) is 32.0 Å². The van der Waals surface area contributed by atoms with E-state index in [1.807, 2.05) is 21.1 Å². The van der Waals surface area contributed by atoms with Crippen molar-refractivity contribution in [2.24, 2.45) is 0 Å². The lowest BCUT2D eigenvalue weighted by molar-refractivity contribution is -0.870. The van der Waals surface area contributed by atoms with E-state index in [1.54, 1.807) is 0 Å². The van der Waals surface area contributed by atoms with E-state index in [4.69, 9.17) is 23.3 Å². The van der Waals surface area contributed by atoms with Crippen molar-refractivity contribution in [2.45, 2.75) is 212 Å². The molecule has 11 heteroatoms. The second kappa shape index (κ2) is 35.2. The maximum Gasteiger partial charge on any atom is 0.472 e. The molecule has 10 nitrogen and oxygen atoms in total. The Bertz CT molecular complexity index is 1090. The van der Waals surface area contributed by atoms with Crippen LogP contribution in [0.25, 0.3) is 0 Å². The van der Waals surface area contributed by atoms with Gasteiger partial charge >= 0.3 is 19.8 Å². The van der Waals surface area contributed by atoms with Crippen LogP contribution in [0.3, 0.4) is 0 Å². The second-order valence-corrected chi connectivity index (χ2v) is 18.6. The monoisotopic (exact) mass is 829 g/mol. The maximum atomic E-state index is 12.7. The zero-order chi connectivity index (χ0) is 41.9. The minimum Gasteiger partial charge on any atom is -0.462 e. The highest BCUT2D eigenvalue weighted by atomic mass is 31.2. The predicted octanol–water partition coefficient (Wildman–Crippen LogP) is 12.1. The molecule has 1 aliphatic rings. The van der Waals surface area contributed by atoms with Crippen LogP contribution >= 0.6 is 7.82 Å². The molecule has 334 valence electrons. The number of likely N-dealkylation sites (N-methyl/N-ethyl adjacent to an activating group) is 1. The molecule has 1 N–H and O–H groups in total. The number of quaternary nitrogens is 1. The Balaban J connectivity index is 2.27. The Kier molecular flexibility index (Phi) is 33.0. The molecule has 0 aromatic heterocycles. The first-order chi connectivity index (χ1) is 27.5. The topological polar surface area (TPSA) is 121 Å². The summed E-state index contributed by atoms with van der Waals surface area (Å²) in [7, 11) is 1.46. The zero-order valence-corrected chi connectivity index (χ0v) is 38.2. The fraction of sp³-hybridized carbons (Fsp3) is 0.870. The van der Waals surface area contributed by atoms with Crippen molar-refractivity contribution in [2.75, 3.05) is 47.5 Å². The molecule has 57 heavy (non-hydrogen) atoms. The normalized spacial score (nSPS) is 17.3. The number of phosphoric ester groups is 1. The first-order valence-corrected chi connectivity index (χ1v) is 24.7. The quantitative estimate of drug-likeness (QED) is 0.0160.